The van der Waals surface area contributed by atoms with Crippen LogP contribution in [0.1, 0.15) is 83.0 Å². The van der Waals surface area contributed by atoms with Gasteiger partial charge in [-0.15, -0.1) is 0 Å². The molecule has 7 atom stereocenters. The smallest absolute Gasteiger partial charge is 0.322 e. The number of carbonyl (C=O) groups excluding carboxylic acids is 7. The Bertz CT molecular complexity index is 2270. The van der Waals surface area contributed by atoms with E-state index in [4.69, 9.17) is 22.3 Å². The summed E-state index contributed by atoms with van der Waals surface area (Å²) in [6, 6.07) is 6.98. The highest BCUT2D eigenvalue weighted by Crippen LogP contribution is 2.17. The molecule has 1 aromatic heterocycles. The van der Waals surface area contributed by atoms with Crippen LogP contribution in [-0.4, -0.2) is 153 Å². The van der Waals surface area contributed by atoms with Crippen LogP contribution in [0.2, 0.25) is 0 Å². The number of aliphatic imine (C=N–C) groups is 1. The van der Waals surface area contributed by atoms with Gasteiger partial charge in [-0.05, 0) is 68.2 Å². The zero-order chi connectivity index (χ0) is 53.5. The summed E-state index contributed by atoms with van der Waals surface area (Å²) in [7, 11) is 2.80. The molecule has 7 amide bonds. The van der Waals surface area contributed by atoms with Crippen LogP contribution in [0.4, 0.5) is 0 Å². The summed E-state index contributed by atoms with van der Waals surface area (Å²) in [6.45, 7) is 6.47. The van der Waals surface area contributed by atoms with Crippen LogP contribution in [0.15, 0.2) is 72.1 Å². The van der Waals surface area contributed by atoms with Crippen molar-refractivity contribution in [2.45, 2.75) is 128 Å². The molecular weight excluding hydrogens is 931 g/mol. The Kier molecular flexibility index (Phi) is 24.1. The van der Waals surface area contributed by atoms with Gasteiger partial charge in [0.2, 0.25) is 41.4 Å². The average Bonchev–Trinajstić information content (AvgIpc) is 3.86. The topological polar surface area (TPSA) is 363 Å². The van der Waals surface area contributed by atoms with Crippen molar-refractivity contribution in [3.05, 3.63) is 83.9 Å². The lowest BCUT2D eigenvalue weighted by Crippen LogP contribution is -2.60. The molecule has 1 heterocycles. The zero-order valence-electron chi connectivity index (χ0n) is 41.9. The predicted octanol–water partition coefficient (Wildman–Crippen LogP) is -0.426. The number of benzene rings is 2. The Morgan fingerprint density at radius 3 is 1.88 bits per heavy atom. The Morgan fingerprint density at radius 1 is 0.708 bits per heavy atom. The monoisotopic (exact) mass is 1000 g/mol. The van der Waals surface area contributed by atoms with E-state index in [0.29, 0.717) is 24.1 Å². The summed E-state index contributed by atoms with van der Waals surface area (Å²) in [4.78, 5) is 122. The Balaban J connectivity index is 1.87. The molecule has 0 aliphatic rings. The fourth-order valence-electron chi connectivity index (χ4n) is 7.59. The number of phenols is 1. The number of aromatic amines is 1. The SMILES string of the molecule is CCCC[C@H](NC(=O)[C@H](CC(C)C)N(C)C(=O)[C@H](Cc1ccccc1)NC(=O)[C@@H](N)Cc1ccc(O)cc1)C(=O)N[C@@H](Cc1cnc[nH]1)C(=O)N(C)[C@@H](C)C(=O)N[C@@H](CCCN=C(N)N)C(=O)NCC(=O)O. The molecule has 3 aromatic rings. The number of aliphatic carboxylic acids is 1. The highest BCUT2D eigenvalue weighted by Gasteiger charge is 2.37. The summed E-state index contributed by atoms with van der Waals surface area (Å²) in [5, 5.41) is 32.0. The molecule has 0 unspecified atom stereocenters. The number of imidazole rings is 1. The lowest BCUT2D eigenvalue weighted by Gasteiger charge is -2.33. The Labute approximate surface area is 419 Å². The molecule has 72 heavy (non-hydrogen) atoms. The molecule has 23 heteroatoms. The van der Waals surface area contributed by atoms with Crippen LogP contribution in [0.25, 0.3) is 0 Å². The number of nitrogens with two attached hydrogens (primary N) is 3. The van der Waals surface area contributed by atoms with Crippen molar-refractivity contribution >= 4 is 53.3 Å². The van der Waals surface area contributed by atoms with Gasteiger partial charge in [0, 0.05) is 45.4 Å². The van der Waals surface area contributed by atoms with Crippen molar-refractivity contribution < 1.29 is 48.6 Å². The van der Waals surface area contributed by atoms with Gasteiger partial charge >= 0.3 is 5.97 Å². The van der Waals surface area contributed by atoms with E-state index in [0.717, 1.165) is 10.5 Å². The maximum absolute atomic E-state index is 14.5. The molecule has 0 bridgehead atoms. The molecule has 3 rings (SSSR count). The molecule has 0 spiro atoms. The van der Waals surface area contributed by atoms with Gasteiger partial charge in [0.25, 0.3) is 0 Å². The molecule has 394 valence electrons. The number of aromatic hydroxyl groups is 1. The maximum Gasteiger partial charge on any atom is 0.322 e. The van der Waals surface area contributed by atoms with Crippen LogP contribution in [-0.2, 0) is 57.6 Å². The molecule has 0 aliphatic heterocycles. The second kappa shape index (κ2) is 29.6. The number of likely N-dealkylation sites (N-methyl/N-ethyl adjacent to an activating group) is 2. The Hall–Kier alpha value is -7.56. The van der Waals surface area contributed by atoms with E-state index in [1.54, 1.807) is 36.4 Å². The molecule has 0 saturated heterocycles. The summed E-state index contributed by atoms with van der Waals surface area (Å²) < 4.78 is 0. The molecule has 0 saturated carbocycles. The van der Waals surface area contributed by atoms with Crippen LogP contribution < -0.4 is 43.8 Å². The Morgan fingerprint density at radius 2 is 1.28 bits per heavy atom. The lowest BCUT2D eigenvalue weighted by molar-refractivity contribution is -0.144. The number of nitrogens with zero attached hydrogens (tertiary/aromatic N) is 4. The van der Waals surface area contributed by atoms with Gasteiger partial charge in [-0.1, -0.05) is 76.1 Å². The van der Waals surface area contributed by atoms with Crippen molar-refractivity contribution in [2.75, 3.05) is 27.2 Å². The van der Waals surface area contributed by atoms with Gasteiger partial charge in [0.1, 0.15) is 48.5 Å². The first-order valence-corrected chi connectivity index (χ1v) is 24.0. The number of H-pyrrole nitrogens is 1. The van der Waals surface area contributed by atoms with E-state index < -0.39 is 96.2 Å². The predicted molar refractivity (Wildman–Crippen MR) is 268 cm³/mol. The molecule has 0 fully saturated rings. The molecule has 2 aromatic carbocycles. The molecule has 23 nitrogen and oxygen atoms in total. The number of rotatable bonds is 30. The standard InChI is InChI=1S/C49H73N13O10/c1-7-8-15-37(45(69)60-39(25-33-26-53-28-56-33)47(71)61(5)30(4)42(66)57-36(16-12-21-54-49(51)52)44(68)55-27-41(64)65)58-46(70)40(22-29(2)3)62(6)48(72)38(24-31-13-10-9-11-14-31)59-43(67)35(50)23-32-17-19-34(63)20-18-32/h9-11,13-14,17-20,26,28-30,35-40,63H,7-8,12,15-16,21-25,27,50H2,1-6H3,(H,53,56)(H,55,68)(H,57,66)(H,58,70)(H,59,67)(H,60,69)(H,64,65)(H4,51,52,54)/t30-,35-,36-,37-,38-,39-,40-/m0/s1. The first-order chi connectivity index (χ1) is 34.1. The summed E-state index contributed by atoms with van der Waals surface area (Å²) in [5.41, 5.74) is 19.0. The summed E-state index contributed by atoms with van der Waals surface area (Å²) >= 11 is 0. The third kappa shape index (κ3) is 19.7. The fourth-order valence-corrected chi connectivity index (χ4v) is 7.59. The molecule has 14 N–H and O–H groups in total. The number of carboxylic acid groups (broad SMARTS) is 1. The van der Waals surface area contributed by atoms with Crippen molar-refractivity contribution in [1.82, 2.24) is 46.4 Å². The number of phenolic OH excluding ortho intramolecular Hbond substituents is 1. The third-order valence-corrected chi connectivity index (χ3v) is 11.8. The number of nitrogens with one attached hydrogen (secondary N) is 6. The van der Waals surface area contributed by atoms with Crippen LogP contribution in [0, 0.1) is 5.92 Å². The van der Waals surface area contributed by atoms with Crippen molar-refractivity contribution in [3.8, 4) is 5.75 Å². The number of aromatic nitrogens is 2. The van der Waals surface area contributed by atoms with E-state index >= 15 is 0 Å². The van der Waals surface area contributed by atoms with Crippen LogP contribution in [0.3, 0.4) is 0 Å². The van der Waals surface area contributed by atoms with E-state index in [1.807, 2.05) is 26.8 Å². The van der Waals surface area contributed by atoms with E-state index in [1.165, 1.54) is 50.6 Å². The number of carbonyl (C=O) groups is 8. The number of amides is 7. The quantitative estimate of drug-likeness (QED) is 0.0230. The minimum Gasteiger partial charge on any atom is -0.508 e. The summed E-state index contributed by atoms with van der Waals surface area (Å²) in [6.07, 6.45) is 4.64. The van der Waals surface area contributed by atoms with Gasteiger partial charge in [0.05, 0.1) is 12.4 Å². The van der Waals surface area contributed by atoms with Gasteiger partial charge < -0.3 is 68.8 Å². The largest absolute Gasteiger partial charge is 0.508 e. The van der Waals surface area contributed by atoms with Gasteiger partial charge in [-0.3, -0.25) is 43.3 Å². The second-order valence-electron chi connectivity index (χ2n) is 18.1. The van der Waals surface area contributed by atoms with Gasteiger partial charge in [0.15, 0.2) is 5.96 Å². The highest BCUT2D eigenvalue weighted by atomic mass is 16.4. The minimum atomic E-state index is -1.31. The number of hydrogen-bond acceptors (Lipinski definition) is 12. The highest BCUT2D eigenvalue weighted by molar-refractivity contribution is 5.97. The molecule has 0 aliphatic carbocycles. The van der Waals surface area contributed by atoms with Crippen LogP contribution >= 0.6 is 0 Å². The van der Waals surface area contributed by atoms with Crippen molar-refractivity contribution in [2.24, 2.45) is 28.1 Å². The molecular formula is C49H73N13O10. The first kappa shape index (κ1) is 58.8. The maximum atomic E-state index is 14.5. The van der Waals surface area contributed by atoms with E-state index in [9.17, 15) is 43.5 Å². The van der Waals surface area contributed by atoms with E-state index in [2.05, 4.69) is 41.5 Å². The normalized spacial score (nSPS) is 13.9. The number of hydrogen-bond donors (Lipinski definition) is 11. The van der Waals surface area contributed by atoms with Crippen LogP contribution in [0.5, 0.6) is 5.75 Å². The van der Waals surface area contributed by atoms with Gasteiger partial charge in [-0.25, -0.2) is 4.98 Å². The third-order valence-electron chi connectivity index (χ3n) is 11.8. The van der Waals surface area contributed by atoms with Crippen molar-refractivity contribution in [3.63, 3.8) is 0 Å². The number of carboxylic acids is 1. The lowest BCUT2D eigenvalue weighted by atomic mass is 9.98. The zero-order valence-corrected chi connectivity index (χ0v) is 41.9. The number of unbranched alkanes of at least 4 members (excludes halogenated alkanes) is 1. The summed E-state index contributed by atoms with van der Waals surface area (Å²) in [5.74, 6) is -6.35. The first-order valence-electron chi connectivity index (χ1n) is 24.0. The minimum absolute atomic E-state index is 0.0201. The van der Waals surface area contributed by atoms with Crippen molar-refractivity contribution in [1.29, 1.82) is 0 Å². The average molecular weight is 1000 g/mol. The second-order valence-corrected chi connectivity index (χ2v) is 18.1. The van der Waals surface area contributed by atoms with Gasteiger partial charge in [-0.2, -0.15) is 0 Å². The fraction of sp³-hybridized carbons (Fsp3) is 0.510. The van der Waals surface area contributed by atoms with E-state index in [-0.39, 0.29) is 69.1 Å². The number of guanidine groups is 1. The molecule has 0 radical (unpaired) electrons.